The normalized spacial score (nSPS) is 10.9. The maximum atomic E-state index is 11.1. The second kappa shape index (κ2) is 8.93. The van der Waals surface area contributed by atoms with Crippen LogP contribution >= 0.6 is 23.8 Å². The molecule has 0 saturated heterocycles. The van der Waals surface area contributed by atoms with E-state index in [-0.39, 0.29) is 15.5 Å². The SMILES string of the molecule is COc1cc(-c2n[nH]c(=S)n2/N=C/c2ccc(Cl)c([N+](=O)[O-])c2)cc(OC)c1OC. The van der Waals surface area contributed by atoms with Crippen molar-refractivity contribution in [2.45, 2.75) is 0 Å². The van der Waals surface area contributed by atoms with Gasteiger partial charge in [-0.05, 0) is 30.4 Å². The van der Waals surface area contributed by atoms with Gasteiger partial charge in [-0.1, -0.05) is 17.7 Å². The van der Waals surface area contributed by atoms with Crippen LogP contribution in [0, 0.1) is 14.9 Å². The number of nitrogens with zero attached hydrogens (tertiary/aromatic N) is 4. The lowest BCUT2D eigenvalue weighted by Gasteiger charge is -2.13. The second-order valence-corrected chi connectivity index (χ2v) is 6.58. The average molecular weight is 450 g/mol. The van der Waals surface area contributed by atoms with Gasteiger partial charge in [0.25, 0.3) is 5.69 Å². The largest absolute Gasteiger partial charge is 0.493 e. The van der Waals surface area contributed by atoms with Crippen molar-refractivity contribution in [1.29, 1.82) is 0 Å². The van der Waals surface area contributed by atoms with Crippen LogP contribution in [-0.2, 0) is 0 Å². The number of aromatic amines is 1. The van der Waals surface area contributed by atoms with E-state index in [1.807, 2.05) is 0 Å². The molecule has 0 aliphatic rings. The van der Waals surface area contributed by atoms with Crippen LogP contribution in [-0.4, -0.2) is 47.3 Å². The van der Waals surface area contributed by atoms with Crippen LogP contribution in [0.25, 0.3) is 11.4 Å². The molecule has 0 saturated carbocycles. The maximum absolute atomic E-state index is 11.1. The lowest BCUT2D eigenvalue weighted by Crippen LogP contribution is -1.99. The molecule has 0 aliphatic carbocycles. The van der Waals surface area contributed by atoms with E-state index in [1.165, 1.54) is 44.4 Å². The van der Waals surface area contributed by atoms with Gasteiger partial charge in [-0.25, -0.2) is 5.10 Å². The number of halogens is 1. The predicted molar refractivity (Wildman–Crippen MR) is 114 cm³/mol. The summed E-state index contributed by atoms with van der Waals surface area (Å²) in [5.41, 5.74) is 0.836. The van der Waals surface area contributed by atoms with Crippen molar-refractivity contribution in [2.75, 3.05) is 21.3 Å². The minimum absolute atomic E-state index is 0.0372. The van der Waals surface area contributed by atoms with Gasteiger partial charge in [-0.3, -0.25) is 10.1 Å². The number of hydrogen-bond donors (Lipinski definition) is 1. The molecule has 30 heavy (non-hydrogen) atoms. The Hall–Kier alpha value is -3.44. The van der Waals surface area contributed by atoms with Gasteiger partial charge in [0.2, 0.25) is 10.5 Å². The van der Waals surface area contributed by atoms with Crippen LogP contribution < -0.4 is 14.2 Å². The Morgan fingerprint density at radius 1 is 1.20 bits per heavy atom. The summed E-state index contributed by atoms with van der Waals surface area (Å²) in [6, 6.07) is 7.74. The molecule has 1 aromatic heterocycles. The van der Waals surface area contributed by atoms with Crippen molar-refractivity contribution in [3.05, 3.63) is 55.8 Å². The van der Waals surface area contributed by atoms with Gasteiger partial charge >= 0.3 is 0 Å². The Morgan fingerprint density at radius 2 is 1.87 bits per heavy atom. The Balaban J connectivity index is 2.07. The third-order valence-corrected chi connectivity index (χ3v) is 4.65. The number of methoxy groups -OCH3 is 3. The number of nitro groups is 1. The van der Waals surface area contributed by atoms with E-state index in [1.54, 1.807) is 18.2 Å². The van der Waals surface area contributed by atoms with Gasteiger partial charge < -0.3 is 14.2 Å². The van der Waals surface area contributed by atoms with Crippen molar-refractivity contribution in [3.8, 4) is 28.6 Å². The molecule has 1 heterocycles. The first kappa shape index (κ1) is 21.3. The minimum Gasteiger partial charge on any atom is -0.493 e. The van der Waals surface area contributed by atoms with Crippen LogP contribution in [0.3, 0.4) is 0 Å². The Morgan fingerprint density at radius 3 is 2.43 bits per heavy atom. The summed E-state index contributed by atoms with van der Waals surface area (Å²) in [6.45, 7) is 0. The lowest BCUT2D eigenvalue weighted by atomic mass is 10.1. The molecular weight excluding hydrogens is 434 g/mol. The summed E-state index contributed by atoms with van der Waals surface area (Å²) in [5, 5.41) is 22.3. The second-order valence-electron chi connectivity index (χ2n) is 5.79. The maximum Gasteiger partial charge on any atom is 0.288 e. The number of ether oxygens (including phenoxy) is 3. The van der Waals surface area contributed by atoms with E-state index < -0.39 is 4.92 Å². The molecule has 0 unspecified atom stereocenters. The summed E-state index contributed by atoms with van der Waals surface area (Å²) in [5.74, 6) is 1.68. The molecule has 10 nitrogen and oxygen atoms in total. The standard InChI is InChI=1S/C18H16ClN5O5S/c1-27-14-7-11(8-15(28-2)16(14)29-3)17-21-22-18(30)23(17)20-9-10-4-5-12(19)13(6-10)24(25)26/h4-9H,1-3H3,(H,22,30)/b20-9+. The van der Waals surface area contributed by atoms with E-state index in [9.17, 15) is 10.1 Å². The molecule has 12 heteroatoms. The molecule has 0 atom stereocenters. The first-order valence-corrected chi connectivity index (χ1v) is 9.14. The molecule has 0 amide bonds. The van der Waals surface area contributed by atoms with Crippen molar-refractivity contribution in [2.24, 2.45) is 5.10 Å². The number of aromatic nitrogens is 3. The van der Waals surface area contributed by atoms with Crippen LogP contribution in [0.15, 0.2) is 35.4 Å². The molecule has 0 spiro atoms. The summed E-state index contributed by atoms with van der Waals surface area (Å²) in [7, 11) is 4.51. The van der Waals surface area contributed by atoms with Gasteiger partial charge in [-0.2, -0.15) is 14.9 Å². The molecule has 2 aromatic carbocycles. The highest BCUT2D eigenvalue weighted by molar-refractivity contribution is 7.71. The highest BCUT2D eigenvalue weighted by Gasteiger charge is 2.18. The van der Waals surface area contributed by atoms with E-state index in [0.29, 0.717) is 34.2 Å². The fraction of sp³-hybridized carbons (Fsp3) is 0.167. The Bertz CT molecular complexity index is 1160. The molecule has 156 valence electrons. The van der Waals surface area contributed by atoms with Crippen molar-refractivity contribution >= 4 is 35.7 Å². The quantitative estimate of drug-likeness (QED) is 0.250. The number of rotatable bonds is 7. The number of nitrogens with one attached hydrogen (secondary N) is 1. The molecule has 0 aliphatic heterocycles. The summed E-state index contributed by atoms with van der Waals surface area (Å²) < 4.78 is 17.7. The highest BCUT2D eigenvalue weighted by atomic mass is 35.5. The fourth-order valence-corrected chi connectivity index (χ4v) is 3.04. The zero-order valence-corrected chi connectivity index (χ0v) is 17.7. The molecule has 1 N–H and O–H groups in total. The molecule has 3 rings (SSSR count). The van der Waals surface area contributed by atoms with E-state index in [2.05, 4.69) is 15.3 Å². The van der Waals surface area contributed by atoms with Gasteiger partial charge in [0.15, 0.2) is 17.3 Å². The Labute approximate surface area is 180 Å². The number of nitro benzene ring substituents is 1. The number of H-pyrrole nitrogens is 1. The predicted octanol–water partition coefficient (Wildman–Crippen LogP) is 4.08. The van der Waals surface area contributed by atoms with Gasteiger partial charge in [-0.15, -0.1) is 0 Å². The summed E-state index contributed by atoms with van der Waals surface area (Å²) >= 11 is 11.1. The average Bonchev–Trinajstić information content (AvgIpc) is 3.12. The van der Waals surface area contributed by atoms with Crippen molar-refractivity contribution < 1.29 is 19.1 Å². The van der Waals surface area contributed by atoms with E-state index in [4.69, 9.17) is 38.0 Å². The molecule has 3 aromatic rings. The topological polar surface area (TPSA) is 117 Å². The van der Waals surface area contributed by atoms with Crippen molar-refractivity contribution in [3.63, 3.8) is 0 Å². The van der Waals surface area contributed by atoms with E-state index in [0.717, 1.165) is 0 Å². The third-order valence-electron chi connectivity index (χ3n) is 4.06. The first-order chi connectivity index (χ1) is 14.4. The summed E-state index contributed by atoms with van der Waals surface area (Å²) in [6.07, 6.45) is 1.41. The third kappa shape index (κ3) is 4.11. The number of hydrogen-bond acceptors (Lipinski definition) is 8. The highest BCUT2D eigenvalue weighted by Crippen LogP contribution is 2.40. The van der Waals surface area contributed by atoms with Crippen molar-refractivity contribution in [1.82, 2.24) is 14.9 Å². The zero-order chi connectivity index (χ0) is 21.8. The lowest BCUT2D eigenvalue weighted by molar-refractivity contribution is -0.384. The Kier molecular flexibility index (Phi) is 6.33. The summed E-state index contributed by atoms with van der Waals surface area (Å²) in [4.78, 5) is 10.5. The van der Waals surface area contributed by atoms with Crippen LogP contribution in [0.1, 0.15) is 5.56 Å². The first-order valence-electron chi connectivity index (χ1n) is 8.35. The van der Waals surface area contributed by atoms with Gasteiger partial charge in [0.1, 0.15) is 5.02 Å². The van der Waals surface area contributed by atoms with Gasteiger partial charge in [0.05, 0.1) is 32.5 Å². The number of benzene rings is 2. The van der Waals surface area contributed by atoms with E-state index >= 15 is 0 Å². The van der Waals surface area contributed by atoms with Gasteiger partial charge in [0, 0.05) is 17.2 Å². The zero-order valence-electron chi connectivity index (χ0n) is 16.1. The fourth-order valence-electron chi connectivity index (χ4n) is 2.67. The smallest absolute Gasteiger partial charge is 0.288 e. The molecule has 0 radical (unpaired) electrons. The molecule has 0 fully saturated rings. The minimum atomic E-state index is -0.565. The van der Waals surface area contributed by atoms with Crippen LogP contribution in [0.5, 0.6) is 17.2 Å². The monoisotopic (exact) mass is 449 g/mol. The van der Waals surface area contributed by atoms with Crippen LogP contribution in [0.4, 0.5) is 5.69 Å². The molecular formula is C18H16ClN5O5S. The van der Waals surface area contributed by atoms with Crippen LogP contribution in [0.2, 0.25) is 5.02 Å². The molecule has 0 bridgehead atoms.